The van der Waals surface area contributed by atoms with Gasteiger partial charge in [-0.1, -0.05) is 6.92 Å². The molecule has 2 rings (SSSR count). The van der Waals surface area contributed by atoms with E-state index in [0.717, 1.165) is 6.04 Å². The second-order valence-electron chi connectivity index (χ2n) is 4.27. The fraction of sp³-hybridized carbons (Fsp3) is 1.00. The largest absolute Gasteiger partial charge is 0.315 e. The van der Waals surface area contributed by atoms with Crippen molar-refractivity contribution in [3.05, 3.63) is 0 Å². The fourth-order valence-corrected chi connectivity index (χ4v) is 2.09. The standard InChI is InChI=1S/C9H18N2/c1-3-8(2)11-6-9(7-11)4-10-5-9/h8,10H,3-7H2,1-2H3. The molecule has 64 valence electrons. The predicted octanol–water partition coefficient (Wildman–Crippen LogP) is 0.690. The highest BCUT2D eigenvalue weighted by molar-refractivity contribution is 5.04. The molecule has 0 aromatic rings. The Hall–Kier alpha value is -0.0800. The topological polar surface area (TPSA) is 15.3 Å². The Kier molecular flexibility index (Phi) is 1.69. The molecule has 2 nitrogen and oxygen atoms in total. The normalized spacial score (nSPS) is 31.1. The number of nitrogens with one attached hydrogen (secondary N) is 1. The lowest BCUT2D eigenvalue weighted by molar-refractivity contribution is -0.0614. The first-order chi connectivity index (χ1) is 5.26. The molecule has 0 bridgehead atoms. The van der Waals surface area contributed by atoms with Crippen molar-refractivity contribution in [1.82, 2.24) is 10.2 Å². The molecule has 0 radical (unpaired) electrons. The van der Waals surface area contributed by atoms with Gasteiger partial charge in [-0.15, -0.1) is 0 Å². The number of rotatable bonds is 2. The van der Waals surface area contributed by atoms with E-state index in [4.69, 9.17) is 0 Å². The summed E-state index contributed by atoms with van der Waals surface area (Å²) < 4.78 is 0. The lowest BCUT2D eigenvalue weighted by atomic mass is 9.74. The summed E-state index contributed by atoms with van der Waals surface area (Å²) >= 11 is 0. The van der Waals surface area contributed by atoms with Crippen molar-refractivity contribution in [2.24, 2.45) is 5.41 Å². The number of hydrogen-bond donors (Lipinski definition) is 1. The van der Waals surface area contributed by atoms with Gasteiger partial charge in [-0.25, -0.2) is 0 Å². The Morgan fingerprint density at radius 2 is 2.09 bits per heavy atom. The third-order valence-electron chi connectivity index (χ3n) is 3.29. The zero-order chi connectivity index (χ0) is 7.90. The first-order valence-electron chi connectivity index (χ1n) is 4.70. The average Bonchev–Trinajstić information content (AvgIpc) is 1.81. The van der Waals surface area contributed by atoms with E-state index in [1.165, 1.54) is 32.6 Å². The van der Waals surface area contributed by atoms with Crippen molar-refractivity contribution < 1.29 is 0 Å². The molecule has 11 heavy (non-hydrogen) atoms. The first-order valence-corrected chi connectivity index (χ1v) is 4.70. The van der Waals surface area contributed by atoms with Crippen LogP contribution in [0, 0.1) is 5.41 Å². The zero-order valence-electron chi connectivity index (χ0n) is 7.56. The lowest BCUT2D eigenvalue weighted by Gasteiger charge is -2.58. The van der Waals surface area contributed by atoms with Gasteiger partial charge < -0.3 is 5.32 Å². The summed E-state index contributed by atoms with van der Waals surface area (Å²) in [5, 5.41) is 3.35. The highest BCUT2D eigenvalue weighted by atomic mass is 15.3. The molecule has 0 aliphatic carbocycles. The minimum Gasteiger partial charge on any atom is -0.315 e. The van der Waals surface area contributed by atoms with Crippen LogP contribution >= 0.6 is 0 Å². The average molecular weight is 154 g/mol. The molecule has 0 saturated carbocycles. The SMILES string of the molecule is CCC(C)N1CC2(CNC2)C1. The van der Waals surface area contributed by atoms with E-state index in [-0.39, 0.29) is 0 Å². The Balaban J connectivity index is 1.78. The third kappa shape index (κ3) is 1.09. The van der Waals surface area contributed by atoms with Gasteiger partial charge in [0.25, 0.3) is 0 Å². The van der Waals surface area contributed by atoms with Crippen LogP contribution in [0.5, 0.6) is 0 Å². The number of hydrogen-bond acceptors (Lipinski definition) is 2. The van der Waals surface area contributed by atoms with E-state index in [9.17, 15) is 0 Å². The summed E-state index contributed by atoms with van der Waals surface area (Å²) in [6.07, 6.45) is 1.30. The molecule has 2 heteroatoms. The van der Waals surface area contributed by atoms with Crippen molar-refractivity contribution in [3.63, 3.8) is 0 Å². The van der Waals surface area contributed by atoms with Gasteiger partial charge >= 0.3 is 0 Å². The van der Waals surface area contributed by atoms with Crippen molar-refractivity contribution in [3.8, 4) is 0 Å². The van der Waals surface area contributed by atoms with Crippen molar-refractivity contribution in [2.45, 2.75) is 26.3 Å². The fourth-order valence-electron chi connectivity index (χ4n) is 2.09. The van der Waals surface area contributed by atoms with Crippen molar-refractivity contribution in [1.29, 1.82) is 0 Å². The molecule has 1 atom stereocenters. The van der Waals surface area contributed by atoms with Gasteiger partial charge in [-0.05, 0) is 13.3 Å². The molecule has 2 aliphatic rings. The molecule has 0 aromatic carbocycles. The molecule has 0 aromatic heterocycles. The van der Waals surface area contributed by atoms with Gasteiger partial charge in [0.15, 0.2) is 0 Å². The second-order valence-corrected chi connectivity index (χ2v) is 4.27. The Morgan fingerprint density at radius 1 is 1.45 bits per heavy atom. The molecule has 2 heterocycles. The van der Waals surface area contributed by atoms with Crippen LogP contribution in [0.25, 0.3) is 0 Å². The maximum atomic E-state index is 3.35. The van der Waals surface area contributed by atoms with E-state index in [1.54, 1.807) is 0 Å². The third-order valence-corrected chi connectivity index (χ3v) is 3.29. The molecule has 1 N–H and O–H groups in total. The van der Waals surface area contributed by atoms with Crippen molar-refractivity contribution in [2.75, 3.05) is 26.2 Å². The highest BCUT2D eigenvalue weighted by Crippen LogP contribution is 2.35. The van der Waals surface area contributed by atoms with Gasteiger partial charge in [0.05, 0.1) is 0 Å². The molecule has 2 aliphatic heterocycles. The zero-order valence-corrected chi connectivity index (χ0v) is 7.56. The van der Waals surface area contributed by atoms with Crippen LogP contribution in [0.1, 0.15) is 20.3 Å². The summed E-state index contributed by atoms with van der Waals surface area (Å²) in [7, 11) is 0. The minimum absolute atomic E-state index is 0.712. The quantitative estimate of drug-likeness (QED) is 0.629. The van der Waals surface area contributed by atoms with Gasteiger partial charge in [-0.2, -0.15) is 0 Å². The van der Waals surface area contributed by atoms with Gasteiger partial charge in [0.2, 0.25) is 0 Å². The van der Waals surface area contributed by atoms with Crippen LogP contribution < -0.4 is 5.32 Å². The molecule has 2 saturated heterocycles. The monoisotopic (exact) mass is 154 g/mol. The van der Waals surface area contributed by atoms with E-state index in [2.05, 4.69) is 24.1 Å². The summed E-state index contributed by atoms with van der Waals surface area (Å²) in [6, 6.07) is 0.807. The molecular weight excluding hydrogens is 136 g/mol. The maximum Gasteiger partial charge on any atom is 0.0207 e. The Bertz CT molecular complexity index is 144. The van der Waals surface area contributed by atoms with Crippen LogP contribution in [0.15, 0.2) is 0 Å². The van der Waals surface area contributed by atoms with Crippen LogP contribution in [0.3, 0.4) is 0 Å². The van der Waals surface area contributed by atoms with E-state index < -0.39 is 0 Å². The smallest absolute Gasteiger partial charge is 0.0207 e. The maximum absolute atomic E-state index is 3.35. The Labute approximate surface area is 69.0 Å². The summed E-state index contributed by atoms with van der Waals surface area (Å²) in [6.45, 7) is 9.82. The number of likely N-dealkylation sites (tertiary alicyclic amines) is 1. The summed E-state index contributed by atoms with van der Waals surface area (Å²) in [5.74, 6) is 0. The number of nitrogens with zero attached hydrogens (tertiary/aromatic N) is 1. The molecular formula is C9H18N2. The molecule has 0 amide bonds. The minimum atomic E-state index is 0.712. The van der Waals surface area contributed by atoms with Crippen LogP contribution in [0.2, 0.25) is 0 Å². The van der Waals surface area contributed by atoms with Gasteiger partial charge in [0, 0.05) is 37.6 Å². The van der Waals surface area contributed by atoms with Crippen LogP contribution in [0.4, 0.5) is 0 Å². The molecule has 2 fully saturated rings. The van der Waals surface area contributed by atoms with Crippen LogP contribution in [-0.2, 0) is 0 Å². The summed E-state index contributed by atoms with van der Waals surface area (Å²) in [5.41, 5.74) is 0.712. The van der Waals surface area contributed by atoms with Crippen LogP contribution in [-0.4, -0.2) is 37.1 Å². The predicted molar refractivity (Wildman–Crippen MR) is 46.6 cm³/mol. The van der Waals surface area contributed by atoms with E-state index in [1.807, 2.05) is 0 Å². The van der Waals surface area contributed by atoms with E-state index in [0.29, 0.717) is 5.41 Å². The van der Waals surface area contributed by atoms with Gasteiger partial charge in [-0.3, -0.25) is 4.90 Å². The molecule has 1 spiro atoms. The van der Waals surface area contributed by atoms with E-state index >= 15 is 0 Å². The second kappa shape index (κ2) is 2.46. The van der Waals surface area contributed by atoms with Gasteiger partial charge in [0.1, 0.15) is 0 Å². The summed E-state index contributed by atoms with van der Waals surface area (Å²) in [4.78, 5) is 2.60. The highest BCUT2D eigenvalue weighted by Gasteiger charge is 2.48. The molecule has 1 unspecified atom stereocenters. The van der Waals surface area contributed by atoms with Crippen molar-refractivity contribution >= 4 is 0 Å². The lowest BCUT2D eigenvalue weighted by Crippen LogP contribution is -2.72. The first kappa shape index (κ1) is 7.56. The Morgan fingerprint density at radius 3 is 2.45 bits per heavy atom.